The topological polar surface area (TPSA) is 147 Å². The fourth-order valence-electron chi connectivity index (χ4n) is 4.26. The molecule has 1 spiro atoms. The zero-order valence-corrected chi connectivity index (χ0v) is 20.0. The van der Waals surface area contributed by atoms with Crippen molar-refractivity contribution in [2.24, 2.45) is 0 Å². The monoisotopic (exact) mass is 497 g/mol. The van der Waals surface area contributed by atoms with Crippen molar-refractivity contribution in [1.82, 2.24) is 15.1 Å². The van der Waals surface area contributed by atoms with Crippen LogP contribution in [-0.4, -0.2) is 117 Å². The number of morpholine rings is 2. The van der Waals surface area contributed by atoms with E-state index in [1.807, 2.05) is 12.1 Å². The molecule has 1 amide bonds. The molecular weight excluding hydrogens is 462 g/mol. The average Bonchev–Trinajstić information content (AvgIpc) is 3.26. The first-order chi connectivity index (χ1) is 17.0. The lowest BCUT2D eigenvalue weighted by Gasteiger charge is -2.33. The third-order valence-corrected chi connectivity index (χ3v) is 5.94. The van der Waals surface area contributed by atoms with Crippen LogP contribution in [0.5, 0.6) is 11.5 Å². The maximum atomic E-state index is 11.4. The SMILES string of the molecule is COc1cccc(CN2CCC3(CNC(=O)CO3)C2)c1OCCN1CCOCC1.O=CO.O=CO. The van der Waals surface area contributed by atoms with Crippen LogP contribution in [0, 0.1) is 0 Å². The van der Waals surface area contributed by atoms with Crippen LogP contribution in [0.3, 0.4) is 0 Å². The zero-order chi connectivity index (χ0) is 25.5. The van der Waals surface area contributed by atoms with Crippen molar-refractivity contribution in [1.29, 1.82) is 0 Å². The molecule has 4 rings (SSSR count). The van der Waals surface area contributed by atoms with E-state index in [4.69, 9.17) is 38.7 Å². The van der Waals surface area contributed by atoms with Crippen molar-refractivity contribution in [2.75, 3.05) is 72.8 Å². The molecule has 0 aliphatic carbocycles. The standard InChI is InChI=1S/C21H31N3O5.2CH2O2/c1-26-18-4-2-3-17(20(18)28-12-9-23-7-10-27-11-8-23)13-24-6-5-21(16-24)15-22-19(25)14-29-21;2*2-1-3/h2-4H,5-16H2,1H3,(H,22,25);2*1H,(H,2,3). The number of para-hydroxylation sites is 1. The lowest BCUT2D eigenvalue weighted by Crippen LogP contribution is -2.53. The second-order valence-electron chi connectivity index (χ2n) is 8.17. The number of amides is 1. The second kappa shape index (κ2) is 15.1. The molecule has 3 aliphatic rings. The van der Waals surface area contributed by atoms with Crippen LogP contribution in [0.15, 0.2) is 18.2 Å². The third kappa shape index (κ3) is 8.98. The van der Waals surface area contributed by atoms with Gasteiger partial charge in [-0.1, -0.05) is 12.1 Å². The van der Waals surface area contributed by atoms with Gasteiger partial charge in [-0.05, 0) is 12.5 Å². The van der Waals surface area contributed by atoms with Crippen molar-refractivity contribution in [3.8, 4) is 11.5 Å². The second-order valence-corrected chi connectivity index (χ2v) is 8.17. The summed E-state index contributed by atoms with van der Waals surface area (Å²) in [7, 11) is 1.68. The van der Waals surface area contributed by atoms with Gasteiger partial charge in [-0.3, -0.25) is 24.2 Å². The summed E-state index contributed by atoms with van der Waals surface area (Å²) in [5, 5.41) is 16.7. The Morgan fingerprint density at radius 1 is 1.14 bits per heavy atom. The smallest absolute Gasteiger partial charge is 0.290 e. The summed E-state index contributed by atoms with van der Waals surface area (Å²) in [5.41, 5.74) is 0.854. The molecule has 1 unspecified atom stereocenters. The Labute approximate surface area is 204 Å². The Morgan fingerprint density at radius 3 is 2.49 bits per heavy atom. The van der Waals surface area contributed by atoms with E-state index in [2.05, 4.69) is 21.2 Å². The van der Waals surface area contributed by atoms with Crippen LogP contribution in [0.25, 0.3) is 0 Å². The van der Waals surface area contributed by atoms with E-state index >= 15 is 0 Å². The van der Waals surface area contributed by atoms with Crippen LogP contribution < -0.4 is 14.8 Å². The minimum Gasteiger partial charge on any atom is -0.493 e. The third-order valence-electron chi connectivity index (χ3n) is 5.94. The molecule has 3 aliphatic heterocycles. The molecule has 1 atom stereocenters. The summed E-state index contributed by atoms with van der Waals surface area (Å²) in [6.45, 7) is 7.72. The molecule has 3 N–H and O–H groups in total. The first kappa shape index (κ1) is 28.3. The summed E-state index contributed by atoms with van der Waals surface area (Å²) in [6, 6.07) is 6.05. The summed E-state index contributed by atoms with van der Waals surface area (Å²) in [6.07, 6.45) is 0.921. The van der Waals surface area contributed by atoms with Gasteiger partial charge >= 0.3 is 0 Å². The van der Waals surface area contributed by atoms with E-state index < -0.39 is 0 Å². The molecule has 3 heterocycles. The highest BCUT2D eigenvalue weighted by molar-refractivity contribution is 5.78. The molecule has 0 saturated carbocycles. The van der Waals surface area contributed by atoms with Crippen molar-refractivity contribution in [3.63, 3.8) is 0 Å². The molecular formula is C23H35N3O9. The number of methoxy groups -OCH3 is 1. The van der Waals surface area contributed by atoms with Crippen LogP contribution in [0.2, 0.25) is 0 Å². The first-order valence-corrected chi connectivity index (χ1v) is 11.4. The highest BCUT2D eigenvalue weighted by Gasteiger charge is 2.42. The number of hydrogen-bond acceptors (Lipinski definition) is 9. The van der Waals surface area contributed by atoms with Gasteiger partial charge in [0.05, 0.1) is 25.9 Å². The summed E-state index contributed by atoms with van der Waals surface area (Å²) in [4.78, 5) is 32.9. The summed E-state index contributed by atoms with van der Waals surface area (Å²) in [5.74, 6) is 1.56. The number of ether oxygens (including phenoxy) is 4. The highest BCUT2D eigenvalue weighted by atomic mass is 16.5. The number of nitrogens with zero attached hydrogens (tertiary/aromatic N) is 2. The van der Waals surface area contributed by atoms with E-state index in [1.165, 1.54) is 0 Å². The lowest BCUT2D eigenvalue weighted by molar-refractivity contribution is -0.142. The van der Waals surface area contributed by atoms with Crippen LogP contribution in [0.4, 0.5) is 0 Å². The Morgan fingerprint density at radius 2 is 1.86 bits per heavy atom. The quantitative estimate of drug-likeness (QED) is 0.434. The average molecular weight is 498 g/mol. The molecule has 12 nitrogen and oxygen atoms in total. The summed E-state index contributed by atoms with van der Waals surface area (Å²) >= 11 is 0. The first-order valence-electron chi connectivity index (χ1n) is 11.4. The number of carbonyl (C=O) groups is 3. The number of carboxylic acid groups (broad SMARTS) is 2. The van der Waals surface area contributed by atoms with Crippen LogP contribution >= 0.6 is 0 Å². The molecule has 0 bridgehead atoms. The van der Waals surface area contributed by atoms with Gasteiger partial charge in [0.1, 0.15) is 13.2 Å². The van der Waals surface area contributed by atoms with E-state index in [0.29, 0.717) is 13.2 Å². The van der Waals surface area contributed by atoms with E-state index in [0.717, 1.165) is 76.0 Å². The van der Waals surface area contributed by atoms with Gasteiger partial charge in [0, 0.05) is 51.4 Å². The molecule has 12 heteroatoms. The van der Waals surface area contributed by atoms with Gasteiger partial charge < -0.3 is 34.5 Å². The van der Waals surface area contributed by atoms with E-state index in [9.17, 15) is 4.79 Å². The van der Waals surface area contributed by atoms with Gasteiger partial charge in [0.15, 0.2) is 11.5 Å². The molecule has 0 aromatic heterocycles. The van der Waals surface area contributed by atoms with Gasteiger partial charge in [0.2, 0.25) is 5.91 Å². The number of benzene rings is 1. The maximum Gasteiger partial charge on any atom is 0.290 e. The van der Waals surface area contributed by atoms with Crippen molar-refractivity contribution >= 4 is 18.9 Å². The maximum absolute atomic E-state index is 11.4. The molecule has 1 aromatic carbocycles. The van der Waals surface area contributed by atoms with E-state index in [-0.39, 0.29) is 31.1 Å². The van der Waals surface area contributed by atoms with Gasteiger partial charge in [-0.15, -0.1) is 0 Å². The Hall–Kier alpha value is -2.93. The number of nitrogens with one attached hydrogen (secondary N) is 1. The minimum atomic E-state index is -0.260. The van der Waals surface area contributed by atoms with Crippen molar-refractivity contribution < 1.29 is 43.5 Å². The highest BCUT2D eigenvalue weighted by Crippen LogP contribution is 2.34. The number of rotatable bonds is 7. The largest absolute Gasteiger partial charge is 0.493 e. The fourth-order valence-corrected chi connectivity index (χ4v) is 4.26. The lowest BCUT2D eigenvalue weighted by atomic mass is 10.0. The van der Waals surface area contributed by atoms with Crippen molar-refractivity contribution in [3.05, 3.63) is 23.8 Å². The minimum absolute atomic E-state index is 0.0298. The van der Waals surface area contributed by atoms with Crippen molar-refractivity contribution in [2.45, 2.75) is 18.6 Å². The summed E-state index contributed by atoms with van der Waals surface area (Å²) < 4.78 is 23.1. The van der Waals surface area contributed by atoms with E-state index in [1.54, 1.807) is 7.11 Å². The molecule has 1 aromatic rings. The van der Waals surface area contributed by atoms with Gasteiger partial charge in [-0.25, -0.2) is 0 Å². The number of hydrogen-bond donors (Lipinski definition) is 3. The predicted molar refractivity (Wildman–Crippen MR) is 125 cm³/mol. The van der Waals surface area contributed by atoms with Gasteiger partial charge in [-0.2, -0.15) is 0 Å². The fraction of sp³-hybridized carbons (Fsp3) is 0.609. The molecule has 3 fully saturated rings. The zero-order valence-electron chi connectivity index (χ0n) is 20.0. The Balaban J connectivity index is 0.000000655. The normalized spacial score (nSPS) is 22.1. The predicted octanol–water partition coefficient (Wildman–Crippen LogP) is -0.101. The van der Waals surface area contributed by atoms with Gasteiger partial charge in [0.25, 0.3) is 12.9 Å². The number of carbonyl (C=O) groups excluding carboxylic acids is 1. The van der Waals surface area contributed by atoms with Crippen LogP contribution in [0.1, 0.15) is 12.0 Å². The van der Waals surface area contributed by atoms with Crippen LogP contribution in [-0.2, 0) is 30.4 Å². The number of likely N-dealkylation sites (tertiary alicyclic amines) is 1. The molecule has 35 heavy (non-hydrogen) atoms. The Kier molecular flexibility index (Phi) is 12.2. The molecule has 3 saturated heterocycles. The molecule has 196 valence electrons. The molecule has 0 radical (unpaired) electrons. The Bertz CT molecular complexity index is 786.